The third-order valence-electron chi connectivity index (χ3n) is 2.89. The molecule has 78 valence electrons. The topological polar surface area (TPSA) is 38.8 Å². The zero-order valence-electron chi connectivity index (χ0n) is 8.40. The smallest absolute Gasteiger partial charge is 0.231 e. The molecule has 4 nitrogen and oxygen atoms in total. The predicted molar refractivity (Wildman–Crippen MR) is 52.6 cm³/mol. The Balaban J connectivity index is 1.95. The molecule has 2 aliphatic rings. The minimum Gasteiger partial charge on any atom is -0.497 e. The number of β-lactam (4-membered cyclic amide) rings is 1. The van der Waals surface area contributed by atoms with Crippen molar-refractivity contribution in [1.29, 1.82) is 0 Å². The van der Waals surface area contributed by atoms with Crippen molar-refractivity contribution in [3.63, 3.8) is 0 Å². The molecule has 15 heavy (non-hydrogen) atoms. The van der Waals surface area contributed by atoms with Crippen molar-refractivity contribution in [1.82, 2.24) is 4.90 Å². The van der Waals surface area contributed by atoms with Crippen molar-refractivity contribution in [3.05, 3.63) is 23.8 Å². The van der Waals surface area contributed by atoms with E-state index in [-0.39, 0.29) is 12.1 Å². The summed E-state index contributed by atoms with van der Waals surface area (Å²) in [5.41, 5.74) is 1.01. The molecular formula is C11H11NO3. The third-order valence-corrected chi connectivity index (χ3v) is 2.89. The van der Waals surface area contributed by atoms with Gasteiger partial charge in [-0.3, -0.25) is 4.79 Å². The number of hydrogen-bond acceptors (Lipinski definition) is 3. The summed E-state index contributed by atoms with van der Waals surface area (Å²) in [4.78, 5) is 13.0. The molecule has 2 aliphatic heterocycles. The highest BCUT2D eigenvalue weighted by Gasteiger charge is 2.41. The first-order chi connectivity index (χ1) is 7.28. The summed E-state index contributed by atoms with van der Waals surface area (Å²) in [6, 6.07) is 5.68. The molecule has 4 heteroatoms. The molecular weight excluding hydrogens is 194 g/mol. The standard InChI is InChI=1S/C11H11NO3/c1-14-8-2-3-9-7(4-8)6-12-10(13)5-11(12)15-9/h2-4,11H,5-6H2,1H3/t11-/m1/s1. The third kappa shape index (κ3) is 1.17. The Labute approximate surface area is 87.4 Å². The number of methoxy groups -OCH3 is 1. The van der Waals surface area contributed by atoms with Crippen LogP contribution in [0.25, 0.3) is 0 Å². The van der Waals surface area contributed by atoms with Gasteiger partial charge in [-0.25, -0.2) is 0 Å². The lowest BCUT2D eigenvalue weighted by Crippen LogP contribution is -2.56. The summed E-state index contributed by atoms with van der Waals surface area (Å²) in [6.07, 6.45) is 0.462. The highest BCUT2D eigenvalue weighted by molar-refractivity contribution is 5.83. The van der Waals surface area contributed by atoms with Gasteiger partial charge in [-0.1, -0.05) is 0 Å². The number of carbonyl (C=O) groups is 1. The molecule has 0 unspecified atom stereocenters. The summed E-state index contributed by atoms with van der Waals surface area (Å²) in [5, 5.41) is 0. The Morgan fingerprint density at radius 3 is 3.13 bits per heavy atom. The van der Waals surface area contributed by atoms with E-state index in [9.17, 15) is 4.79 Å². The van der Waals surface area contributed by atoms with Gasteiger partial charge in [0.05, 0.1) is 20.1 Å². The highest BCUT2D eigenvalue weighted by atomic mass is 16.5. The van der Waals surface area contributed by atoms with Gasteiger partial charge in [0.1, 0.15) is 11.5 Å². The van der Waals surface area contributed by atoms with Crippen molar-refractivity contribution in [2.24, 2.45) is 0 Å². The van der Waals surface area contributed by atoms with E-state index in [0.717, 1.165) is 17.1 Å². The van der Waals surface area contributed by atoms with Crippen LogP contribution in [-0.2, 0) is 11.3 Å². The number of carbonyl (C=O) groups excluding carboxylic acids is 1. The molecule has 3 rings (SSSR count). The first-order valence-electron chi connectivity index (χ1n) is 4.91. The van der Waals surface area contributed by atoms with E-state index < -0.39 is 0 Å². The van der Waals surface area contributed by atoms with Crippen LogP contribution in [0.5, 0.6) is 11.5 Å². The average Bonchev–Trinajstić information content (AvgIpc) is 2.27. The largest absolute Gasteiger partial charge is 0.497 e. The van der Waals surface area contributed by atoms with Crippen molar-refractivity contribution in [2.75, 3.05) is 7.11 Å². The molecule has 0 aromatic heterocycles. The Bertz CT molecular complexity index is 430. The second-order valence-corrected chi connectivity index (χ2v) is 3.77. The zero-order valence-corrected chi connectivity index (χ0v) is 8.40. The van der Waals surface area contributed by atoms with E-state index in [1.807, 2.05) is 18.2 Å². The molecule has 0 saturated carbocycles. The second-order valence-electron chi connectivity index (χ2n) is 3.77. The number of amides is 1. The van der Waals surface area contributed by atoms with E-state index in [1.54, 1.807) is 12.0 Å². The van der Waals surface area contributed by atoms with Crippen LogP contribution >= 0.6 is 0 Å². The van der Waals surface area contributed by atoms with Crippen LogP contribution in [-0.4, -0.2) is 24.1 Å². The van der Waals surface area contributed by atoms with Gasteiger partial charge in [0, 0.05) is 5.56 Å². The average molecular weight is 205 g/mol. The molecule has 0 aliphatic carbocycles. The van der Waals surface area contributed by atoms with Crippen molar-refractivity contribution in [3.8, 4) is 11.5 Å². The summed E-state index contributed by atoms with van der Waals surface area (Å²) in [7, 11) is 1.63. The number of fused-ring (bicyclic) bond motifs is 2. The van der Waals surface area contributed by atoms with Gasteiger partial charge in [-0.05, 0) is 18.2 Å². The van der Waals surface area contributed by atoms with E-state index in [0.29, 0.717) is 13.0 Å². The predicted octanol–water partition coefficient (Wildman–Crippen LogP) is 1.15. The molecule has 2 heterocycles. The Hall–Kier alpha value is -1.71. The van der Waals surface area contributed by atoms with Crippen LogP contribution in [0, 0.1) is 0 Å². The van der Waals surface area contributed by atoms with Gasteiger partial charge in [-0.15, -0.1) is 0 Å². The maximum Gasteiger partial charge on any atom is 0.231 e. The lowest BCUT2D eigenvalue weighted by Gasteiger charge is -2.43. The molecule has 0 bridgehead atoms. The van der Waals surface area contributed by atoms with Crippen LogP contribution in [0.4, 0.5) is 0 Å². The number of ether oxygens (including phenoxy) is 2. The van der Waals surface area contributed by atoms with Gasteiger partial charge in [0.2, 0.25) is 5.91 Å². The zero-order chi connectivity index (χ0) is 10.4. The maximum atomic E-state index is 11.2. The molecule has 1 amide bonds. The summed E-state index contributed by atoms with van der Waals surface area (Å²) < 4.78 is 10.8. The molecule has 0 N–H and O–H groups in total. The fourth-order valence-corrected chi connectivity index (χ4v) is 1.97. The van der Waals surface area contributed by atoms with Crippen LogP contribution in [0.3, 0.4) is 0 Å². The van der Waals surface area contributed by atoms with Crippen molar-refractivity contribution in [2.45, 2.75) is 19.2 Å². The van der Waals surface area contributed by atoms with Gasteiger partial charge in [-0.2, -0.15) is 0 Å². The first kappa shape index (κ1) is 8.59. The van der Waals surface area contributed by atoms with Gasteiger partial charge in [0.15, 0.2) is 6.23 Å². The first-order valence-corrected chi connectivity index (χ1v) is 4.91. The van der Waals surface area contributed by atoms with Gasteiger partial charge >= 0.3 is 0 Å². The Morgan fingerprint density at radius 2 is 2.40 bits per heavy atom. The fourth-order valence-electron chi connectivity index (χ4n) is 1.97. The molecule has 1 aromatic carbocycles. The fraction of sp³-hybridized carbons (Fsp3) is 0.364. The number of rotatable bonds is 1. The minimum atomic E-state index is -0.0432. The summed E-state index contributed by atoms with van der Waals surface area (Å²) in [5.74, 6) is 1.82. The van der Waals surface area contributed by atoms with E-state index in [1.165, 1.54) is 0 Å². The summed E-state index contributed by atoms with van der Waals surface area (Å²) in [6.45, 7) is 0.635. The van der Waals surface area contributed by atoms with Crippen LogP contribution < -0.4 is 9.47 Å². The molecule has 0 radical (unpaired) electrons. The van der Waals surface area contributed by atoms with E-state index in [4.69, 9.17) is 9.47 Å². The van der Waals surface area contributed by atoms with E-state index in [2.05, 4.69) is 0 Å². The lowest BCUT2D eigenvalue weighted by atomic mass is 10.0. The molecule has 1 saturated heterocycles. The molecule has 1 atom stereocenters. The van der Waals surface area contributed by atoms with Crippen LogP contribution in [0.2, 0.25) is 0 Å². The van der Waals surface area contributed by atoms with Gasteiger partial charge < -0.3 is 14.4 Å². The number of nitrogens with zero attached hydrogens (tertiary/aromatic N) is 1. The SMILES string of the molecule is COc1ccc2c(c1)CN1C(=O)C[C@H]1O2. The molecule has 1 fully saturated rings. The van der Waals surface area contributed by atoms with Crippen LogP contribution in [0.1, 0.15) is 12.0 Å². The number of benzene rings is 1. The quantitative estimate of drug-likeness (QED) is 0.645. The van der Waals surface area contributed by atoms with Gasteiger partial charge in [0.25, 0.3) is 0 Å². The second kappa shape index (κ2) is 2.89. The number of hydrogen-bond donors (Lipinski definition) is 0. The molecule has 0 spiro atoms. The Kier molecular flexibility index (Phi) is 1.65. The van der Waals surface area contributed by atoms with Crippen molar-refractivity contribution >= 4 is 5.91 Å². The lowest BCUT2D eigenvalue weighted by molar-refractivity contribution is -0.165. The van der Waals surface area contributed by atoms with Crippen LogP contribution in [0.15, 0.2) is 18.2 Å². The minimum absolute atomic E-state index is 0.0432. The molecule has 1 aromatic rings. The van der Waals surface area contributed by atoms with Crippen molar-refractivity contribution < 1.29 is 14.3 Å². The summed E-state index contributed by atoms with van der Waals surface area (Å²) >= 11 is 0. The maximum absolute atomic E-state index is 11.2. The Morgan fingerprint density at radius 1 is 1.53 bits per heavy atom. The van der Waals surface area contributed by atoms with E-state index >= 15 is 0 Å². The normalized spacial score (nSPS) is 22.3. The monoisotopic (exact) mass is 205 g/mol. The highest BCUT2D eigenvalue weighted by Crippen LogP contribution is 2.36.